The Kier molecular flexibility index (Phi) is 6.08. The van der Waals surface area contributed by atoms with Crippen LogP contribution in [0.25, 0.3) is 22.4 Å². The van der Waals surface area contributed by atoms with Gasteiger partial charge in [-0.15, -0.1) is 5.10 Å². The fourth-order valence-electron chi connectivity index (χ4n) is 4.52. The summed E-state index contributed by atoms with van der Waals surface area (Å²) in [4.78, 5) is 13.3. The molecule has 0 radical (unpaired) electrons. The Morgan fingerprint density at radius 3 is 2.47 bits per heavy atom. The molecule has 4 aromatic rings. The van der Waals surface area contributed by atoms with Gasteiger partial charge < -0.3 is 9.88 Å². The number of fused-ring (bicyclic) bond motifs is 1. The number of aromatic amines is 1. The molecule has 3 heterocycles. The lowest BCUT2D eigenvalue weighted by molar-refractivity contribution is 0.247. The standard InChI is InChI=1S/C26H32FN7/c1-26(2,3)20-9-7-19(8-10-20)25-28-22-5-4-6-23(24(22)29-25)33-15-13-32(14-16-33)17-21-18-34(12-11-27)31-30-21/h4-10,18H,11-17H2,1-3H3,(H,28,29). The van der Waals surface area contributed by atoms with E-state index >= 15 is 0 Å². The van der Waals surface area contributed by atoms with Crippen molar-refractivity contribution in [3.63, 3.8) is 0 Å². The first-order valence-corrected chi connectivity index (χ1v) is 11.9. The second-order valence-corrected chi connectivity index (χ2v) is 10.0. The van der Waals surface area contributed by atoms with Crippen LogP contribution in [0.4, 0.5) is 10.1 Å². The molecule has 178 valence electrons. The van der Waals surface area contributed by atoms with E-state index in [1.165, 1.54) is 11.3 Å². The van der Waals surface area contributed by atoms with Crippen LogP contribution in [0.3, 0.4) is 0 Å². The highest BCUT2D eigenvalue weighted by atomic mass is 19.1. The third-order valence-corrected chi connectivity index (χ3v) is 6.51. The van der Waals surface area contributed by atoms with Crippen LogP contribution in [0.5, 0.6) is 0 Å². The maximum Gasteiger partial charge on any atom is 0.138 e. The van der Waals surface area contributed by atoms with Gasteiger partial charge in [0.25, 0.3) is 0 Å². The quantitative estimate of drug-likeness (QED) is 0.461. The van der Waals surface area contributed by atoms with E-state index in [2.05, 4.69) is 88.3 Å². The molecule has 0 aliphatic carbocycles. The van der Waals surface area contributed by atoms with Gasteiger partial charge >= 0.3 is 0 Å². The molecular formula is C26H32FN7. The molecule has 1 saturated heterocycles. The Bertz CT molecular complexity index is 1240. The summed E-state index contributed by atoms with van der Waals surface area (Å²) in [6.45, 7) is 10.9. The number of nitrogens with zero attached hydrogens (tertiary/aromatic N) is 6. The van der Waals surface area contributed by atoms with Gasteiger partial charge in [0.15, 0.2) is 0 Å². The third kappa shape index (κ3) is 4.68. The van der Waals surface area contributed by atoms with E-state index in [4.69, 9.17) is 4.98 Å². The monoisotopic (exact) mass is 461 g/mol. The zero-order valence-corrected chi connectivity index (χ0v) is 20.1. The Hall–Kier alpha value is -3.26. The van der Waals surface area contributed by atoms with E-state index < -0.39 is 6.67 Å². The molecule has 7 nitrogen and oxygen atoms in total. The molecule has 0 saturated carbocycles. The fraction of sp³-hybridized carbons (Fsp3) is 0.423. The first-order chi connectivity index (χ1) is 16.4. The number of nitrogens with one attached hydrogen (secondary N) is 1. The average Bonchev–Trinajstić information content (AvgIpc) is 3.46. The molecule has 0 atom stereocenters. The number of hydrogen-bond acceptors (Lipinski definition) is 5. The smallest absolute Gasteiger partial charge is 0.138 e. The molecule has 0 spiro atoms. The number of aryl methyl sites for hydroxylation is 1. The largest absolute Gasteiger partial charge is 0.367 e. The van der Waals surface area contributed by atoms with Crippen molar-refractivity contribution < 1.29 is 4.39 Å². The summed E-state index contributed by atoms with van der Waals surface area (Å²) in [7, 11) is 0. The lowest BCUT2D eigenvalue weighted by atomic mass is 9.87. The predicted octanol–water partition coefficient (Wildman–Crippen LogP) is 4.41. The highest BCUT2D eigenvalue weighted by Crippen LogP contribution is 2.30. The van der Waals surface area contributed by atoms with Crippen LogP contribution in [0.2, 0.25) is 0 Å². The molecule has 5 rings (SSSR count). The molecule has 8 heteroatoms. The van der Waals surface area contributed by atoms with Crippen molar-refractivity contribution >= 4 is 16.7 Å². The van der Waals surface area contributed by atoms with E-state index in [-0.39, 0.29) is 12.0 Å². The minimum Gasteiger partial charge on any atom is -0.367 e. The van der Waals surface area contributed by atoms with Crippen molar-refractivity contribution in [1.82, 2.24) is 29.9 Å². The number of hydrogen-bond donors (Lipinski definition) is 1. The fourth-order valence-corrected chi connectivity index (χ4v) is 4.52. The minimum atomic E-state index is -0.426. The maximum atomic E-state index is 12.5. The molecule has 1 aliphatic rings. The van der Waals surface area contributed by atoms with Crippen LogP contribution in [0.1, 0.15) is 32.0 Å². The number of rotatable bonds is 6. The van der Waals surface area contributed by atoms with E-state index in [0.717, 1.165) is 60.8 Å². The zero-order valence-electron chi connectivity index (χ0n) is 20.1. The Labute approximate surface area is 199 Å². The summed E-state index contributed by atoms with van der Waals surface area (Å²) < 4.78 is 14.1. The van der Waals surface area contributed by atoms with Crippen molar-refractivity contribution in [2.24, 2.45) is 0 Å². The van der Waals surface area contributed by atoms with Gasteiger partial charge in [0, 0.05) is 44.5 Å². The molecule has 1 fully saturated rings. The summed E-state index contributed by atoms with van der Waals surface area (Å²) >= 11 is 0. The van der Waals surface area contributed by atoms with Crippen molar-refractivity contribution in [3.8, 4) is 11.4 Å². The Morgan fingerprint density at radius 1 is 1.00 bits per heavy atom. The number of imidazole rings is 1. The van der Waals surface area contributed by atoms with Crippen LogP contribution in [-0.4, -0.2) is 62.7 Å². The van der Waals surface area contributed by atoms with Gasteiger partial charge in [-0.05, 0) is 23.1 Å². The summed E-state index contributed by atoms with van der Waals surface area (Å²) in [5.74, 6) is 0.901. The van der Waals surface area contributed by atoms with Gasteiger partial charge in [0.2, 0.25) is 0 Å². The Morgan fingerprint density at radius 2 is 1.76 bits per heavy atom. The minimum absolute atomic E-state index is 0.132. The number of para-hydroxylation sites is 1. The van der Waals surface area contributed by atoms with Crippen LogP contribution < -0.4 is 4.90 Å². The summed E-state index contributed by atoms with van der Waals surface area (Å²) in [6, 6.07) is 15.0. The van der Waals surface area contributed by atoms with Crippen molar-refractivity contribution in [2.45, 2.75) is 39.3 Å². The second kappa shape index (κ2) is 9.18. The number of benzene rings is 2. The summed E-state index contributed by atoms with van der Waals surface area (Å²) in [5, 5.41) is 8.16. The van der Waals surface area contributed by atoms with Crippen LogP contribution in [0, 0.1) is 0 Å². The number of alkyl halides is 1. The van der Waals surface area contributed by atoms with E-state index in [0.29, 0.717) is 0 Å². The number of anilines is 1. The van der Waals surface area contributed by atoms with Crippen molar-refractivity contribution in [2.75, 3.05) is 37.8 Å². The molecule has 0 amide bonds. The molecule has 1 N–H and O–H groups in total. The highest BCUT2D eigenvalue weighted by molar-refractivity contribution is 5.91. The maximum absolute atomic E-state index is 12.5. The molecule has 1 aliphatic heterocycles. The van der Waals surface area contributed by atoms with Crippen LogP contribution in [-0.2, 0) is 18.5 Å². The number of halogens is 1. The van der Waals surface area contributed by atoms with Gasteiger partial charge in [0.1, 0.15) is 18.0 Å². The van der Waals surface area contributed by atoms with Gasteiger partial charge in [-0.3, -0.25) is 4.90 Å². The van der Waals surface area contributed by atoms with E-state index in [9.17, 15) is 4.39 Å². The van der Waals surface area contributed by atoms with E-state index in [1.807, 2.05) is 6.20 Å². The van der Waals surface area contributed by atoms with Gasteiger partial charge in [-0.1, -0.05) is 56.3 Å². The molecule has 34 heavy (non-hydrogen) atoms. The molecular weight excluding hydrogens is 429 g/mol. The third-order valence-electron chi connectivity index (χ3n) is 6.51. The van der Waals surface area contributed by atoms with Gasteiger partial charge in [-0.25, -0.2) is 14.1 Å². The Balaban J connectivity index is 1.29. The average molecular weight is 462 g/mol. The van der Waals surface area contributed by atoms with E-state index in [1.54, 1.807) is 4.68 Å². The van der Waals surface area contributed by atoms with Gasteiger partial charge in [0.05, 0.1) is 23.4 Å². The molecule has 2 aromatic heterocycles. The van der Waals surface area contributed by atoms with Crippen molar-refractivity contribution in [3.05, 3.63) is 59.9 Å². The SMILES string of the molecule is CC(C)(C)c1ccc(-c2nc3c(N4CCN(Cc5cn(CCF)nn5)CC4)cccc3[nH]2)cc1. The van der Waals surface area contributed by atoms with Crippen LogP contribution in [0.15, 0.2) is 48.7 Å². The van der Waals surface area contributed by atoms with Gasteiger partial charge in [-0.2, -0.15) is 0 Å². The highest BCUT2D eigenvalue weighted by Gasteiger charge is 2.21. The van der Waals surface area contributed by atoms with Crippen molar-refractivity contribution in [1.29, 1.82) is 0 Å². The first-order valence-electron chi connectivity index (χ1n) is 11.9. The topological polar surface area (TPSA) is 65.9 Å². The lowest BCUT2D eigenvalue weighted by Crippen LogP contribution is -2.46. The summed E-state index contributed by atoms with van der Waals surface area (Å²) in [6.07, 6.45) is 1.84. The first kappa shape index (κ1) is 22.5. The number of H-pyrrole nitrogens is 1. The number of piperazine rings is 1. The molecule has 2 aromatic carbocycles. The zero-order chi connectivity index (χ0) is 23.7. The van der Waals surface area contributed by atoms with Crippen LogP contribution >= 0.6 is 0 Å². The number of aromatic nitrogens is 5. The molecule has 0 unspecified atom stereocenters. The predicted molar refractivity (Wildman–Crippen MR) is 134 cm³/mol. The lowest BCUT2D eigenvalue weighted by Gasteiger charge is -2.35. The molecule has 0 bridgehead atoms. The summed E-state index contributed by atoms with van der Waals surface area (Å²) in [5.41, 5.74) is 6.67. The second-order valence-electron chi connectivity index (χ2n) is 10.0. The normalized spacial score (nSPS) is 15.4.